The van der Waals surface area contributed by atoms with Gasteiger partial charge in [0.05, 0.1) is 5.41 Å². The normalized spacial score (nSPS) is 15.1. The Kier molecular flexibility index (Phi) is 3.55. The maximum Gasteiger partial charge on any atom is 0.134 e. The Bertz CT molecular complexity index is 1150. The van der Waals surface area contributed by atoms with Crippen LogP contribution in [0.25, 0.3) is 11.0 Å². The van der Waals surface area contributed by atoms with Gasteiger partial charge in [0.1, 0.15) is 11.3 Å². The molecule has 2 N–H and O–H groups in total. The zero-order chi connectivity index (χ0) is 19.4. The number of hydrogen-bond donors (Lipinski definition) is 2. The van der Waals surface area contributed by atoms with Crippen molar-refractivity contribution in [3.05, 3.63) is 94.7 Å². The summed E-state index contributed by atoms with van der Waals surface area (Å²) in [5.41, 5.74) is 8.47. The van der Waals surface area contributed by atoms with Gasteiger partial charge in [-0.3, -0.25) is 0 Å². The summed E-state index contributed by atoms with van der Waals surface area (Å²) in [6.07, 6.45) is 2.15. The molecule has 0 spiro atoms. The SMILES string of the molecule is CC(c1ccc2c(c1)CCN2)(c1ccc2c(c1)CCN2)c1cc2ccccc2o1. The van der Waals surface area contributed by atoms with Gasteiger partial charge in [-0.05, 0) is 66.3 Å². The van der Waals surface area contributed by atoms with E-state index in [0.717, 1.165) is 42.7 Å². The van der Waals surface area contributed by atoms with Crippen molar-refractivity contribution in [2.75, 3.05) is 23.7 Å². The van der Waals surface area contributed by atoms with Gasteiger partial charge in [-0.15, -0.1) is 0 Å². The van der Waals surface area contributed by atoms with E-state index in [0.29, 0.717) is 0 Å². The zero-order valence-corrected chi connectivity index (χ0v) is 16.6. The van der Waals surface area contributed by atoms with Crippen LogP contribution in [0, 0.1) is 0 Å². The van der Waals surface area contributed by atoms with Gasteiger partial charge >= 0.3 is 0 Å². The Morgan fingerprint density at radius 1 is 0.759 bits per heavy atom. The predicted octanol–water partition coefficient (Wildman–Crippen LogP) is 5.72. The van der Waals surface area contributed by atoms with Gasteiger partial charge in [-0.25, -0.2) is 0 Å². The molecule has 0 saturated heterocycles. The minimum Gasteiger partial charge on any atom is -0.460 e. The van der Waals surface area contributed by atoms with Gasteiger partial charge < -0.3 is 15.1 Å². The molecule has 3 nitrogen and oxygen atoms in total. The van der Waals surface area contributed by atoms with E-state index in [1.165, 1.54) is 33.6 Å². The van der Waals surface area contributed by atoms with Crippen LogP contribution in [0.3, 0.4) is 0 Å². The predicted molar refractivity (Wildman–Crippen MR) is 119 cm³/mol. The van der Waals surface area contributed by atoms with E-state index < -0.39 is 0 Å². The van der Waals surface area contributed by atoms with E-state index in [-0.39, 0.29) is 5.41 Å². The fourth-order valence-electron chi connectivity index (χ4n) is 4.91. The van der Waals surface area contributed by atoms with Gasteiger partial charge in [-0.2, -0.15) is 0 Å². The minimum absolute atomic E-state index is 0.353. The molecule has 2 aliphatic heterocycles. The lowest BCUT2D eigenvalue weighted by Crippen LogP contribution is -2.25. The van der Waals surface area contributed by atoms with Gasteiger partial charge in [0, 0.05) is 29.9 Å². The molecular formula is C26H24N2O. The van der Waals surface area contributed by atoms with E-state index in [4.69, 9.17) is 4.42 Å². The molecule has 29 heavy (non-hydrogen) atoms. The molecule has 6 rings (SSSR count). The Labute approximate surface area is 170 Å². The number of para-hydroxylation sites is 1. The average Bonchev–Trinajstić information content (AvgIpc) is 3.50. The molecule has 0 saturated carbocycles. The molecule has 0 amide bonds. The standard InChI is InChI=1S/C26H24N2O/c1-26(20-6-8-22-17(14-20)10-12-27-22,21-7-9-23-18(15-21)11-13-28-23)25-16-19-4-2-3-5-24(19)29-25/h2-9,14-16,27-28H,10-13H2,1H3. The largest absolute Gasteiger partial charge is 0.460 e. The van der Waals surface area contributed by atoms with E-state index in [9.17, 15) is 0 Å². The molecule has 0 unspecified atom stereocenters. The van der Waals surface area contributed by atoms with Gasteiger partial charge in [0.2, 0.25) is 0 Å². The molecule has 1 aromatic heterocycles. The highest BCUT2D eigenvalue weighted by Crippen LogP contribution is 2.43. The third-order valence-corrected chi connectivity index (χ3v) is 6.70. The number of fused-ring (bicyclic) bond motifs is 3. The second kappa shape index (κ2) is 6.15. The smallest absolute Gasteiger partial charge is 0.134 e. The lowest BCUT2D eigenvalue weighted by atomic mass is 9.73. The van der Waals surface area contributed by atoms with Crippen LogP contribution < -0.4 is 10.6 Å². The summed E-state index contributed by atoms with van der Waals surface area (Å²) in [7, 11) is 0. The number of rotatable bonds is 3. The quantitative estimate of drug-likeness (QED) is 0.477. The molecular weight excluding hydrogens is 356 g/mol. The van der Waals surface area contributed by atoms with Crippen molar-refractivity contribution in [1.29, 1.82) is 0 Å². The molecule has 2 aliphatic rings. The van der Waals surface area contributed by atoms with Crippen LogP contribution in [0.5, 0.6) is 0 Å². The summed E-state index contributed by atoms with van der Waals surface area (Å²) < 4.78 is 6.45. The molecule has 3 aromatic carbocycles. The van der Waals surface area contributed by atoms with Crippen LogP contribution in [-0.4, -0.2) is 13.1 Å². The Balaban J connectivity index is 1.59. The van der Waals surface area contributed by atoms with Crippen molar-refractivity contribution in [3.8, 4) is 0 Å². The minimum atomic E-state index is -0.353. The molecule has 4 aromatic rings. The molecule has 3 heterocycles. The highest BCUT2D eigenvalue weighted by Gasteiger charge is 2.36. The lowest BCUT2D eigenvalue weighted by molar-refractivity contribution is 0.474. The van der Waals surface area contributed by atoms with E-state index in [2.05, 4.69) is 78.2 Å². The summed E-state index contributed by atoms with van der Waals surface area (Å²) >= 11 is 0. The van der Waals surface area contributed by atoms with Crippen molar-refractivity contribution in [2.24, 2.45) is 0 Å². The Hall–Kier alpha value is -3.20. The van der Waals surface area contributed by atoms with Gasteiger partial charge in [0.15, 0.2) is 0 Å². The molecule has 0 fully saturated rings. The first-order valence-electron chi connectivity index (χ1n) is 10.5. The van der Waals surface area contributed by atoms with Crippen molar-refractivity contribution in [1.82, 2.24) is 0 Å². The van der Waals surface area contributed by atoms with Crippen molar-refractivity contribution in [3.63, 3.8) is 0 Å². The maximum atomic E-state index is 6.45. The molecule has 3 heteroatoms. The second-order valence-electron chi connectivity index (χ2n) is 8.37. The highest BCUT2D eigenvalue weighted by molar-refractivity contribution is 5.79. The monoisotopic (exact) mass is 380 g/mol. The average molecular weight is 380 g/mol. The van der Waals surface area contributed by atoms with Gasteiger partial charge in [-0.1, -0.05) is 42.5 Å². The van der Waals surface area contributed by atoms with Crippen LogP contribution in [0.2, 0.25) is 0 Å². The second-order valence-corrected chi connectivity index (χ2v) is 8.37. The van der Waals surface area contributed by atoms with Crippen molar-refractivity contribution < 1.29 is 4.42 Å². The first kappa shape index (κ1) is 16.7. The summed E-state index contributed by atoms with van der Waals surface area (Å²) in [6, 6.07) is 24.2. The van der Waals surface area contributed by atoms with Crippen LogP contribution in [0.4, 0.5) is 11.4 Å². The summed E-state index contributed by atoms with van der Waals surface area (Å²) in [5, 5.41) is 8.12. The molecule has 0 atom stereocenters. The molecule has 0 bridgehead atoms. The summed E-state index contributed by atoms with van der Waals surface area (Å²) in [4.78, 5) is 0. The van der Waals surface area contributed by atoms with E-state index in [1.54, 1.807) is 0 Å². The van der Waals surface area contributed by atoms with Crippen molar-refractivity contribution >= 4 is 22.3 Å². The first-order valence-corrected chi connectivity index (χ1v) is 10.5. The molecule has 0 radical (unpaired) electrons. The topological polar surface area (TPSA) is 37.2 Å². The van der Waals surface area contributed by atoms with Crippen LogP contribution in [0.15, 0.2) is 71.1 Å². The van der Waals surface area contributed by atoms with Crippen LogP contribution >= 0.6 is 0 Å². The molecule has 0 aliphatic carbocycles. The van der Waals surface area contributed by atoms with Gasteiger partial charge in [0.25, 0.3) is 0 Å². The third-order valence-electron chi connectivity index (χ3n) is 6.70. The number of nitrogens with one attached hydrogen (secondary N) is 2. The van der Waals surface area contributed by atoms with E-state index in [1.807, 2.05) is 6.07 Å². The fourth-order valence-corrected chi connectivity index (χ4v) is 4.91. The van der Waals surface area contributed by atoms with Crippen LogP contribution in [0.1, 0.15) is 34.9 Å². The Morgan fingerprint density at radius 3 is 2.00 bits per heavy atom. The number of hydrogen-bond acceptors (Lipinski definition) is 3. The fraction of sp³-hybridized carbons (Fsp3) is 0.231. The van der Waals surface area contributed by atoms with E-state index >= 15 is 0 Å². The van der Waals surface area contributed by atoms with Crippen LogP contribution in [-0.2, 0) is 18.3 Å². The Morgan fingerprint density at radius 2 is 1.38 bits per heavy atom. The lowest BCUT2D eigenvalue weighted by Gasteiger charge is -2.30. The first-order chi connectivity index (χ1) is 14.2. The molecule has 144 valence electrons. The number of benzene rings is 3. The zero-order valence-electron chi connectivity index (χ0n) is 16.6. The summed E-state index contributed by atoms with van der Waals surface area (Å²) in [5.74, 6) is 0.996. The highest BCUT2D eigenvalue weighted by atomic mass is 16.3. The van der Waals surface area contributed by atoms with Crippen molar-refractivity contribution in [2.45, 2.75) is 25.2 Å². The summed E-state index contributed by atoms with van der Waals surface area (Å²) in [6.45, 7) is 4.34. The number of anilines is 2. The number of furan rings is 1. The maximum absolute atomic E-state index is 6.45. The third kappa shape index (κ3) is 2.50.